The van der Waals surface area contributed by atoms with Gasteiger partial charge in [0.25, 0.3) is 5.91 Å². The summed E-state index contributed by atoms with van der Waals surface area (Å²) in [6, 6.07) is 14.0. The zero-order valence-electron chi connectivity index (χ0n) is 12.0. The van der Waals surface area contributed by atoms with Crippen LogP contribution < -0.4 is 10.7 Å². The number of carbonyl (C=O) groups is 1. The summed E-state index contributed by atoms with van der Waals surface area (Å²) in [6.07, 6.45) is -3.50. The van der Waals surface area contributed by atoms with Gasteiger partial charge in [0.15, 0.2) is 0 Å². The van der Waals surface area contributed by atoms with Crippen LogP contribution in [0.1, 0.15) is 11.1 Å². The minimum absolute atomic E-state index is 0.0394. The van der Waals surface area contributed by atoms with Gasteiger partial charge in [0.2, 0.25) is 0 Å². The van der Waals surface area contributed by atoms with Crippen molar-refractivity contribution in [3.63, 3.8) is 0 Å². The van der Waals surface area contributed by atoms with E-state index in [2.05, 4.69) is 15.8 Å². The molecule has 0 heterocycles. The molecule has 0 aliphatic carbocycles. The number of rotatable bonds is 5. The summed E-state index contributed by atoms with van der Waals surface area (Å²) in [5.41, 5.74) is 2.02. The second-order valence-electron chi connectivity index (χ2n) is 4.60. The summed E-state index contributed by atoms with van der Waals surface area (Å²) >= 11 is 0. The molecule has 2 rings (SSSR count). The summed E-state index contributed by atoms with van der Waals surface area (Å²) in [4.78, 5) is 11.6. The van der Waals surface area contributed by atoms with Gasteiger partial charge in [0.05, 0.1) is 18.3 Å². The lowest BCUT2D eigenvalue weighted by Crippen LogP contribution is -2.26. The third kappa shape index (κ3) is 5.14. The topological polar surface area (TPSA) is 53.5 Å². The highest BCUT2D eigenvalue weighted by molar-refractivity contribution is 5.85. The minimum atomic E-state index is -4.47. The first-order chi connectivity index (χ1) is 11.0. The van der Waals surface area contributed by atoms with E-state index in [0.717, 1.165) is 18.0 Å². The molecule has 4 nitrogen and oxygen atoms in total. The number of alkyl halides is 3. The van der Waals surface area contributed by atoms with Crippen molar-refractivity contribution >= 4 is 17.8 Å². The largest absolute Gasteiger partial charge is 0.417 e. The number of hydrogen-bond donors (Lipinski definition) is 2. The molecule has 0 radical (unpaired) electrons. The van der Waals surface area contributed by atoms with Crippen LogP contribution in [0.15, 0.2) is 59.7 Å². The lowest BCUT2D eigenvalue weighted by atomic mass is 10.1. The van der Waals surface area contributed by atoms with E-state index in [0.29, 0.717) is 0 Å². The van der Waals surface area contributed by atoms with Gasteiger partial charge in [-0.25, -0.2) is 5.43 Å². The first-order valence-electron chi connectivity index (χ1n) is 6.74. The standard InChI is InChI=1S/C16H14F3N3O/c17-16(18,19)14-9-5-4-6-12(14)10-21-22-15(23)11-20-13-7-2-1-3-8-13/h1-10,20H,11H2,(H,22,23)/b21-10-. The monoisotopic (exact) mass is 321 g/mol. The smallest absolute Gasteiger partial charge is 0.376 e. The molecule has 23 heavy (non-hydrogen) atoms. The number of nitrogens with zero attached hydrogens (tertiary/aromatic N) is 1. The van der Waals surface area contributed by atoms with Crippen LogP contribution in [0, 0.1) is 0 Å². The van der Waals surface area contributed by atoms with Crippen molar-refractivity contribution in [2.24, 2.45) is 5.10 Å². The fourth-order valence-corrected chi connectivity index (χ4v) is 1.82. The first kappa shape index (κ1) is 16.5. The number of hydrogen-bond acceptors (Lipinski definition) is 3. The van der Waals surface area contributed by atoms with E-state index in [-0.39, 0.29) is 12.1 Å². The summed E-state index contributed by atoms with van der Waals surface area (Å²) in [7, 11) is 0. The lowest BCUT2D eigenvalue weighted by Gasteiger charge is -2.09. The quantitative estimate of drug-likeness (QED) is 0.656. The van der Waals surface area contributed by atoms with Gasteiger partial charge in [0.1, 0.15) is 0 Å². The number of amides is 1. The molecule has 0 aliphatic heterocycles. The minimum Gasteiger partial charge on any atom is -0.376 e. The number of para-hydroxylation sites is 1. The molecular weight excluding hydrogens is 307 g/mol. The number of halogens is 3. The zero-order chi connectivity index (χ0) is 16.7. The van der Waals surface area contributed by atoms with E-state index < -0.39 is 17.6 Å². The molecule has 0 saturated heterocycles. The third-order valence-corrected chi connectivity index (χ3v) is 2.89. The van der Waals surface area contributed by atoms with Crippen molar-refractivity contribution in [2.75, 3.05) is 11.9 Å². The Kier molecular flexibility index (Phi) is 5.35. The Morgan fingerprint density at radius 3 is 2.39 bits per heavy atom. The molecule has 0 spiro atoms. The normalized spacial score (nSPS) is 11.4. The molecule has 1 amide bonds. The summed E-state index contributed by atoms with van der Waals surface area (Å²) in [5.74, 6) is -0.463. The highest BCUT2D eigenvalue weighted by atomic mass is 19.4. The van der Waals surface area contributed by atoms with E-state index in [4.69, 9.17) is 0 Å². The van der Waals surface area contributed by atoms with Gasteiger partial charge >= 0.3 is 6.18 Å². The number of nitrogens with one attached hydrogen (secondary N) is 2. The number of anilines is 1. The maximum absolute atomic E-state index is 12.8. The second-order valence-corrected chi connectivity index (χ2v) is 4.60. The van der Waals surface area contributed by atoms with E-state index in [1.807, 2.05) is 18.2 Å². The van der Waals surface area contributed by atoms with Crippen LogP contribution in [0.5, 0.6) is 0 Å². The van der Waals surface area contributed by atoms with Crippen molar-refractivity contribution in [3.8, 4) is 0 Å². The highest BCUT2D eigenvalue weighted by Crippen LogP contribution is 2.30. The molecular formula is C16H14F3N3O. The number of hydrazone groups is 1. The predicted molar refractivity (Wildman–Crippen MR) is 82.1 cm³/mol. The SMILES string of the molecule is O=C(CNc1ccccc1)N/N=C\c1ccccc1C(F)(F)F. The van der Waals surface area contributed by atoms with Gasteiger partial charge in [-0.05, 0) is 18.2 Å². The third-order valence-electron chi connectivity index (χ3n) is 2.89. The van der Waals surface area contributed by atoms with Gasteiger partial charge in [-0.1, -0.05) is 36.4 Å². The fourth-order valence-electron chi connectivity index (χ4n) is 1.82. The maximum Gasteiger partial charge on any atom is 0.417 e. The first-order valence-corrected chi connectivity index (χ1v) is 6.74. The zero-order valence-corrected chi connectivity index (χ0v) is 12.0. The van der Waals surface area contributed by atoms with E-state index in [9.17, 15) is 18.0 Å². The average Bonchev–Trinajstić information content (AvgIpc) is 2.53. The molecule has 0 atom stereocenters. The predicted octanol–water partition coefficient (Wildman–Crippen LogP) is 3.27. The van der Waals surface area contributed by atoms with Crippen molar-refractivity contribution in [3.05, 3.63) is 65.7 Å². The van der Waals surface area contributed by atoms with E-state index >= 15 is 0 Å². The van der Waals surface area contributed by atoms with Crippen LogP contribution in [0.3, 0.4) is 0 Å². The Hall–Kier alpha value is -2.83. The summed E-state index contributed by atoms with van der Waals surface area (Å²) in [6.45, 7) is -0.0394. The van der Waals surface area contributed by atoms with Crippen LogP contribution in [0.25, 0.3) is 0 Å². The lowest BCUT2D eigenvalue weighted by molar-refractivity contribution is -0.137. The van der Waals surface area contributed by atoms with Crippen LogP contribution in [0.4, 0.5) is 18.9 Å². The Morgan fingerprint density at radius 2 is 1.70 bits per heavy atom. The molecule has 7 heteroatoms. The molecule has 2 aromatic rings. The number of carbonyl (C=O) groups excluding carboxylic acids is 1. The summed E-state index contributed by atoms with van der Waals surface area (Å²) < 4.78 is 38.4. The molecule has 2 N–H and O–H groups in total. The second kappa shape index (κ2) is 7.44. The van der Waals surface area contributed by atoms with Crippen LogP contribution in [-0.4, -0.2) is 18.7 Å². The fraction of sp³-hybridized carbons (Fsp3) is 0.125. The molecule has 2 aromatic carbocycles. The van der Waals surface area contributed by atoms with E-state index in [1.54, 1.807) is 12.1 Å². The molecule has 0 aromatic heterocycles. The van der Waals surface area contributed by atoms with Crippen molar-refractivity contribution in [2.45, 2.75) is 6.18 Å². The van der Waals surface area contributed by atoms with Crippen molar-refractivity contribution < 1.29 is 18.0 Å². The highest BCUT2D eigenvalue weighted by Gasteiger charge is 2.32. The molecule has 0 fully saturated rings. The van der Waals surface area contributed by atoms with Crippen molar-refractivity contribution in [1.29, 1.82) is 0 Å². The Bertz CT molecular complexity index is 684. The van der Waals surface area contributed by atoms with Crippen LogP contribution in [-0.2, 0) is 11.0 Å². The molecule has 0 unspecified atom stereocenters. The Balaban J connectivity index is 1.91. The Morgan fingerprint density at radius 1 is 1.04 bits per heavy atom. The number of benzene rings is 2. The van der Waals surface area contributed by atoms with Crippen LogP contribution >= 0.6 is 0 Å². The average molecular weight is 321 g/mol. The van der Waals surface area contributed by atoms with Gasteiger partial charge in [-0.2, -0.15) is 18.3 Å². The maximum atomic E-state index is 12.8. The van der Waals surface area contributed by atoms with Crippen molar-refractivity contribution in [1.82, 2.24) is 5.43 Å². The summed E-state index contributed by atoms with van der Waals surface area (Å²) in [5, 5.41) is 6.43. The van der Waals surface area contributed by atoms with Gasteiger partial charge in [-0.3, -0.25) is 4.79 Å². The van der Waals surface area contributed by atoms with Gasteiger partial charge < -0.3 is 5.32 Å². The molecule has 0 bridgehead atoms. The molecule has 0 aliphatic rings. The van der Waals surface area contributed by atoms with Gasteiger partial charge in [-0.15, -0.1) is 0 Å². The molecule has 120 valence electrons. The van der Waals surface area contributed by atoms with Crippen LogP contribution in [0.2, 0.25) is 0 Å². The van der Waals surface area contributed by atoms with Gasteiger partial charge in [0, 0.05) is 11.3 Å². The molecule has 0 saturated carbocycles. The Labute approximate surface area is 131 Å². The van der Waals surface area contributed by atoms with E-state index in [1.165, 1.54) is 18.2 Å².